The Labute approximate surface area is 235 Å². The van der Waals surface area contributed by atoms with E-state index in [1.807, 2.05) is 4.90 Å². The highest BCUT2D eigenvalue weighted by Crippen LogP contribution is 2.36. The van der Waals surface area contributed by atoms with Crippen molar-refractivity contribution >= 4 is 50.6 Å². The van der Waals surface area contributed by atoms with E-state index >= 15 is 0 Å². The Morgan fingerprint density at radius 3 is 2.39 bits per heavy atom. The second-order valence-corrected chi connectivity index (χ2v) is 11.2. The number of hydrogen-bond donors (Lipinski definition) is 3. The van der Waals surface area contributed by atoms with Gasteiger partial charge in [0.2, 0.25) is 27.8 Å². The van der Waals surface area contributed by atoms with Crippen LogP contribution in [0.1, 0.15) is 19.4 Å². The third-order valence-corrected chi connectivity index (χ3v) is 8.03. The molecule has 12 nitrogen and oxygen atoms in total. The number of carbonyl (C=O) groups is 1. The first kappa shape index (κ1) is 29.8. The van der Waals surface area contributed by atoms with E-state index in [2.05, 4.69) is 30.9 Å². The summed E-state index contributed by atoms with van der Waals surface area (Å²) >= 11 is 0. The Bertz CT molecular complexity index is 1510. The molecule has 1 aliphatic rings. The van der Waals surface area contributed by atoms with E-state index < -0.39 is 27.6 Å². The number of alkyl halides is 3. The summed E-state index contributed by atoms with van der Waals surface area (Å²) in [6.45, 7) is 4.43. The van der Waals surface area contributed by atoms with Crippen LogP contribution in [0.5, 0.6) is 5.88 Å². The largest absolute Gasteiger partial charge is 0.479 e. The van der Waals surface area contributed by atoms with Gasteiger partial charge in [0.05, 0.1) is 12.9 Å². The van der Waals surface area contributed by atoms with Crippen molar-refractivity contribution in [3.63, 3.8) is 0 Å². The molecule has 1 fully saturated rings. The fraction of sp³-hybridized carbons (Fsp3) is 0.360. The van der Waals surface area contributed by atoms with Gasteiger partial charge in [-0.25, -0.2) is 13.4 Å². The van der Waals surface area contributed by atoms with Crippen LogP contribution in [0.25, 0.3) is 0 Å². The number of pyridine rings is 1. The van der Waals surface area contributed by atoms with Crippen molar-refractivity contribution in [2.45, 2.75) is 20.0 Å². The molecule has 4 rings (SSSR count). The number of anilines is 6. The van der Waals surface area contributed by atoms with Gasteiger partial charge in [-0.3, -0.25) is 4.79 Å². The average Bonchev–Trinajstić information content (AvgIpc) is 2.92. The third-order valence-electron chi connectivity index (χ3n) is 6.15. The number of sulfonamides is 1. The van der Waals surface area contributed by atoms with Crippen molar-refractivity contribution in [2.75, 3.05) is 59.9 Å². The Hall–Kier alpha value is -4.18. The van der Waals surface area contributed by atoms with Crippen LogP contribution in [0, 0.1) is 0 Å². The Morgan fingerprint density at radius 2 is 1.76 bits per heavy atom. The number of nitrogens with zero attached hydrogens (tertiary/aromatic N) is 5. The van der Waals surface area contributed by atoms with Crippen molar-refractivity contribution in [3.05, 3.63) is 48.2 Å². The predicted molar refractivity (Wildman–Crippen MR) is 148 cm³/mol. The van der Waals surface area contributed by atoms with Crippen LogP contribution >= 0.6 is 0 Å². The first-order valence-corrected chi connectivity index (χ1v) is 14.1. The Morgan fingerprint density at radius 1 is 1.05 bits per heavy atom. The number of hydrogen-bond acceptors (Lipinski definition) is 10. The number of ether oxygens (including phenoxy) is 1. The van der Waals surface area contributed by atoms with Gasteiger partial charge in [0.15, 0.2) is 0 Å². The van der Waals surface area contributed by atoms with Gasteiger partial charge in [-0.1, -0.05) is 6.07 Å². The number of halogens is 3. The second-order valence-electron chi connectivity index (χ2n) is 8.98. The zero-order valence-electron chi connectivity index (χ0n) is 22.5. The molecule has 220 valence electrons. The molecule has 1 aromatic carbocycles. The fourth-order valence-corrected chi connectivity index (χ4v) is 5.20. The van der Waals surface area contributed by atoms with Crippen LogP contribution in [-0.4, -0.2) is 72.6 Å². The molecule has 0 radical (unpaired) electrons. The first-order valence-electron chi connectivity index (χ1n) is 12.5. The molecule has 0 bridgehead atoms. The topological polar surface area (TPSA) is 142 Å². The zero-order valence-corrected chi connectivity index (χ0v) is 23.3. The van der Waals surface area contributed by atoms with Crippen LogP contribution in [0.15, 0.2) is 42.6 Å². The Kier molecular flexibility index (Phi) is 8.82. The van der Waals surface area contributed by atoms with Gasteiger partial charge in [0.25, 0.3) is 0 Å². The highest BCUT2D eigenvalue weighted by Gasteiger charge is 2.35. The molecule has 1 saturated heterocycles. The van der Waals surface area contributed by atoms with Gasteiger partial charge in [0.1, 0.15) is 22.9 Å². The number of methoxy groups -OCH3 is 1. The number of carbonyl (C=O) groups excluding carboxylic acids is 1. The van der Waals surface area contributed by atoms with E-state index in [-0.39, 0.29) is 29.2 Å². The summed E-state index contributed by atoms with van der Waals surface area (Å²) in [6.07, 6.45) is -4.08. The van der Waals surface area contributed by atoms with Gasteiger partial charge >= 0.3 is 6.18 Å². The van der Waals surface area contributed by atoms with Gasteiger partial charge in [-0.05, 0) is 37.3 Å². The molecule has 41 heavy (non-hydrogen) atoms. The van der Waals surface area contributed by atoms with Crippen molar-refractivity contribution in [1.82, 2.24) is 19.3 Å². The summed E-state index contributed by atoms with van der Waals surface area (Å²) < 4.78 is 72.4. The lowest BCUT2D eigenvalue weighted by atomic mass is 10.2. The number of benzene rings is 1. The highest BCUT2D eigenvalue weighted by molar-refractivity contribution is 7.89. The summed E-state index contributed by atoms with van der Waals surface area (Å²) in [5, 5.41) is 8.08. The van der Waals surface area contributed by atoms with Crippen LogP contribution in [0.2, 0.25) is 0 Å². The number of amides is 1. The van der Waals surface area contributed by atoms with E-state index in [4.69, 9.17) is 4.74 Å². The number of nitrogens with one attached hydrogen (secondary N) is 3. The Balaban J connectivity index is 1.55. The predicted octanol–water partition coefficient (Wildman–Crippen LogP) is 3.82. The molecule has 16 heteroatoms. The SMILES string of the molecule is CCS(=O)(=O)N1CCN(c2ccc(Nc3ncc(C(F)(F)F)c(Nc4cccc(NC(C)=O)c4)n3)c(OC)n2)CC1. The molecule has 3 aromatic rings. The fourth-order valence-electron chi connectivity index (χ4n) is 4.12. The molecule has 0 unspecified atom stereocenters. The van der Waals surface area contributed by atoms with E-state index in [0.29, 0.717) is 49.6 Å². The molecule has 0 aliphatic carbocycles. The van der Waals surface area contributed by atoms with E-state index in [9.17, 15) is 26.4 Å². The van der Waals surface area contributed by atoms with Crippen molar-refractivity contribution in [3.8, 4) is 5.88 Å². The average molecular weight is 595 g/mol. The normalized spacial score (nSPS) is 14.4. The quantitative estimate of drug-likeness (QED) is 0.335. The lowest BCUT2D eigenvalue weighted by molar-refractivity contribution is -0.137. The molecule has 1 amide bonds. The van der Waals surface area contributed by atoms with Gasteiger partial charge in [-0.15, -0.1) is 0 Å². The van der Waals surface area contributed by atoms with Gasteiger partial charge < -0.3 is 25.6 Å². The van der Waals surface area contributed by atoms with Crippen LogP contribution < -0.4 is 25.6 Å². The maximum Gasteiger partial charge on any atom is 0.421 e. The summed E-state index contributed by atoms with van der Waals surface area (Å²) in [5.74, 6) is -0.246. The third kappa shape index (κ3) is 7.32. The molecule has 3 heterocycles. The van der Waals surface area contributed by atoms with Crippen molar-refractivity contribution in [2.24, 2.45) is 0 Å². The van der Waals surface area contributed by atoms with E-state index in [0.717, 1.165) is 0 Å². The van der Waals surface area contributed by atoms with Gasteiger partial charge in [0, 0.05) is 50.7 Å². The van der Waals surface area contributed by atoms with Crippen LogP contribution in [0.4, 0.5) is 47.8 Å². The molecule has 2 aromatic heterocycles. The van der Waals surface area contributed by atoms with Gasteiger partial charge in [-0.2, -0.15) is 27.4 Å². The molecular formula is C25H29F3N8O4S. The lowest BCUT2D eigenvalue weighted by Crippen LogP contribution is -2.49. The molecule has 0 atom stereocenters. The first-order chi connectivity index (χ1) is 19.4. The number of piperazine rings is 1. The summed E-state index contributed by atoms with van der Waals surface area (Å²) in [5.41, 5.74) is -0.117. The summed E-state index contributed by atoms with van der Waals surface area (Å²) in [6, 6.07) is 9.48. The monoisotopic (exact) mass is 594 g/mol. The minimum absolute atomic E-state index is 0.0339. The van der Waals surface area contributed by atoms with Crippen molar-refractivity contribution < 1.29 is 31.1 Å². The highest BCUT2D eigenvalue weighted by atomic mass is 32.2. The zero-order chi connectivity index (χ0) is 29.8. The minimum Gasteiger partial charge on any atom is -0.479 e. The number of rotatable bonds is 9. The standard InChI is InChI=1S/C25H29F3N8O4S/c1-4-41(38,39)36-12-10-35(11-13-36)21-9-8-20(23(33-21)40-3)32-24-29-15-19(25(26,27)28)22(34-24)31-18-7-5-6-17(14-18)30-16(2)37/h5-9,14-15H,4,10-13H2,1-3H3,(H,30,37)(H2,29,31,32,34). The summed E-state index contributed by atoms with van der Waals surface area (Å²) in [7, 11) is -1.88. The molecule has 0 saturated carbocycles. The van der Waals surface area contributed by atoms with Crippen LogP contribution in [0.3, 0.4) is 0 Å². The van der Waals surface area contributed by atoms with E-state index in [1.165, 1.54) is 30.5 Å². The number of aromatic nitrogens is 3. The maximum absolute atomic E-state index is 13.7. The second kappa shape index (κ2) is 12.1. The van der Waals surface area contributed by atoms with E-state index in [1.54, 1.807) is 31.2 Å². The lowest BCUT2D eigenvalue weighted by Gasteiger charge is -2.34. The molecule has 3 N–H and O–H groups in total. The molecular weight excluding hydrogens is 565 g/mol. The van der Waals surface area contributed by atoms with Crippen molar-refractivity contribution in [1.29, 1.82) is 0 Å². The minimum atomic E-state index is -4.74. The smallest absolute Gasteiger partial charge is 0.421 e. The van der Waals surface area contributed by atoms with Crippen LogP contribution in [-0.2, 0) is 21.0 Å². The molecule has 0 spiro atoms. The molecule has 1 aliphatic heterocycles. The summed E-state index contributed by atoms with van der Waals surface area (Å²) in [4.78, 5) is 25.6. The maximum atomic E-state index is 13.7.